The van der Waals surface area contributed by atoms with Crippen LogP contribution in [0.25, 0.3) is 11.1 Å². The number of halogens is 4. The summed E-state index contributed by atoms with van der Waals surface area (Å²) in [5, 5.41) is 2.38. The Kier molecular flexibility index (Phi) is 4.11. The third-order valence-corrected chi connectivity index (χ3v) is 3.94. The molecule has 0 aliphatic rings. The van der Waals surface area contributed by atoms with Crippen molar-refractivity contribution in [2.24, 2.45) is 5.73 Å². The molecule has 3 aromatic rings. The number of nitrogens with one attached hydrogen (secondary N) is 1. The number of oxazole rings is 1. The summed E-state index contributed by atoms with van der Waals surface area (Å²) in [6.45, 7) is 1.41. The molecule has 0 saturated heterocycles. The molecule has 0 atom stereocenters. The van der Waals surface area contributed by atoms with Gasteiger partial charge in [-0.3, -0.25) is 4.79 Å². The molecular formula is C15H9F3IN3O2. The Labute approximate surface area is 147 Å². The first kappa shape index (κ1) is 16.6. The van der Waals surface area contributed by atoms with E-state index in [4.69, 9.17) is 10.2 Å². The van der Waals surface area contributed by atoms with Crippen molar-refractivity contribution < 1.29 is 22.4 Å². The van der Waals surface area contributed by atoms with Gasteiger partial charge >= 0.3 is 0 Å². The summed E-state index contributed by atoms with van der Waals surface area (Å²) in [4.78, 5) is 15.4. The average molecular weight is 447 g/mol. The number of hydrogen-bond acceptors (Lipinski definition) is 4. The number of carbonyl (C=O) groups is 1. The number of hydrogen-bond donors (Lipinski definition) is 2. The lowest BCUT2D eigenvalue weighted by Crippen LogP contribution is -2.16. The van der Waals surface area contributed by atoms with Crippen LogP contribution in [0.3, 0.4) is 0 Å². The fourth-order valence-electron chi connectivity index (χ4n) is 2.26. The maximum absolute atomic E-state index is 14.4. The van der Waals surface area contributed by atoms with Crippen molar-refractivity contribution in [3.8, 4) is 0 Å². The van der Waals surface area contributed by atoms with Crippen molar-refractivity contribution in [3.05, 3.63) is 50.7 Å². The van der Waals surface area contributed by atoms with Crippen LogP contribution in [0.4, 0.5) is 24.5 Å². The van der Waals surface area contributed by atoms with E-state index in [0.29, 0.717) is 3.57 Å². The van der Waals surface area contributed by atoms with E-state index < -0.39 is 40.1 Å². The monoisotopic (exact) mass is 447 g/mol. The van der Waals surface area contributed by atoms with Crippen LogP contribution in [0.15, 0.2) is 22.6 Å². The third kappa shape index (κ3) is 2.68. The number of amides is 1. The van der Waals surface area contributed by atoms with Crippen LogP contribution in [0.1, 0.15) is 16.2 Å². The minimum absolute atomic E-state index is 0.0309. The smallest absolute Gasteiger partial charge is 0.254 e. The summed E-state index contributed by atoms with van der Waals surface area (Å²) in [5.74, 6) is -4.46. The minimum Gasteiger partial charge on any atom is -0.440 e. The van der Waals surface area contributed by atoms with E-state index in [1.54, 1.807) is 6.07 Å². The first-order valence-corrected chi connectivity index (χ1v) is 7.67. The normalized spacial score (nSPS) is 11.0. The van der Waals surface area contributed by atoms with Gasteiger partial charge in [0.1, 0.15) is 16.9 Å². The second-order valence-electron chi connectivity index (χ2n) is 4.90. The first-order valence-electron chi connectivity index (χ1n) is 6.59. The van der Waals surface area contributed by atoms with Crippen LogP contribution in [0.2, 0.25) is 0 Å². The predicted octanol–water partition coefficient (Wildman–Crippen LogP) is 4.00. The number of aryl methyl sites for hydroxylation is 1. The highest BCUT2D eigenvalue weighted by molar-refractivity contribution is 14.1. The first-order chi connectivity index (χ1) is 11.3. The summed E-state index contributed by atoms with van der Waals surface area (Å²) in [6.07, 6.45) is 0. The Morgan fingerprint density at radius 2 is 2.00 bits per heavy atom. The van der Waals surface area contributed by atoms with Gasteiger partial charge in [-0.05, 0) is 40.8 Å². The molecule has 3 N–H and O–H groups in total. The van der Waals surface area contributed by atoms with Crippen LogP contribution in [-0.2, 0) is 0 Å². The zero-order valence-corrected chi connectivity index (χ0v) is 14.2. The zero-order chi connectivity index (χ0) is 17.6. The summed E-state index contributed by atoms with van der Waals surface area (Å²) in [5.41, 5.74) is 3.33. The number of primary amides is 1. The summed E-state index contributed by atoms with van der Waals surface area (Å²) in [7, 11) is 0. The van der Waals surface area contributed by atoms with Gasteiger partial charge in [0, 0.05) is 10.5 Å². The van der Waals surface area contributed by atoms with Crippen molar-refractivity contribution >= 4 is 51.0 Å². The van der Waals surface area contributed by atoms with E-state index in [-0.39, 0.29) is 17.2 Å². The molecule has 0 spiro atoms. The van der Waals surface area contributed by atoms with Gasteiger partial charge in [-0.15, -0.1) is 0 Å². The topological polar surface area (TPSA) is 81.1 Å². The van der Waals surface area contributed by atoms with Crippen molar-refractivity contribution in [2.75, 3.05) is 5.32 Å². The molecule has 3 rings (SSSR count). The number of fused-ring (bicyclic) bond motifs is 1. The van der Waals surface area contributed by atoms with Gasteiger partial charge in [-0.1, -0.05) is 0 Å². The Morgan fingerprint density at radius 1 is 1.29 bits per heavy atom. The molecular weight excluding hydrogens is 438 g/mol. The number of nitrogens with zero attached hydrogens (tertiary/aromatic N) is 1. The number of nitrogens with two attached hydrogens (primary N) is 1. The van der Waals surface area contributed by atoms with E-state index in [0.717, 1.165) is 0 Å². The van der Waals surface area contributed by atoms with Gasteiger partial charge in [0.05, 0.1) is 11.4 Å². The molecule has 1 heterocycles. The van der Waals surface area contributed by atoms with Crippen LogP contribution >= 0.6 is 22.6 Å². The number of anilines is 2. The van der Waals surface area contributed by atoms with Gasteiger partial charge < -0.3 is 15.5 Å². The molecule has 124 valence electrons. The molecule has 0 fully saturated rings. The predicted molar refractivity (Wildman–Crippen MR) is 89.6 cm³/mol. The fourth-order valence-corrected chi connectivity index (χ4v) is 2.71. The molecule has 0 saturated carbocycles. The minimum atomic E-state index is -1.40. The molecule has 1 aromatic heterocycles. The molecule has 0 bridgehead atoms. The summed E-state index contributed by atoms with van der Waals surface area (Å²) in [6, 6.07) is 4.08. The second-order valence-corrected chi connectivity index (χ2v) is 6.15. The molecule has 0 aliphatic heterocycles. The van der Waals surface area contributed by atoms with Crippen molar-refractivity contribution in [3.63, 3.8) is 0 Å². The summed E-state index contributed by atoms with van der Waals surface area (Å²) >= 11 is 1.90. The van der Waals surface area contributed by atoms with Crippen LogP contribution in [-0.4, -0.2) is 10.9 Å². The molecule has 2 aromatic carbocycles. The molecule has 1 amide bonds. The highest BCUT2D eigenvalue weighted by Gasteiger charge is 2.27. The number of rotatable bonds is 3. The Morgan fingerprint density at radius 3 is 2.62 bits per heavy atom. The Hall–Kier alpha value is -2.30. The van der Waals surface area contributed by atoms with Crippen LogP contribution in [0.5, 0.6) is 0 Å². The highest BCUT2D eigenvalue weighted by Crippen LogP contribution is 2.35. The number of carbonyl (C=O) groups excluding carboxylic acids is 1. The van der Waals surface area contributed by atoms with E-state index in [1.165, 1.54) is 19.1 Å². The van der Waals surface area contributed by atoms with Gasteiger partial charge in [0.15, 0.2) is 23.1 Å². The maximum Gasteiger partial charge on any atom is 0.254 e. The molecule has 0 unspecified atom stereocenters. The largest absolute Gasteiger partial charge is 0.440 e. The van der Waals surface area contributed by atoms with E-state index in [1.807, 2.05) is 22.6 Å². The average Bonchev–Trinajstić information content (AvgIpc) is 2.88. The SMILES string of the molecule is Cc1nc2c(F)c(F)c(Nc3ccc(I)cc3F)c(C(N)=O)c2o1. The van der Waals surface area contributed by atoms with E-state index in [9.17, 15) is 18.0 Å². The van der Waals surface area contributed by atoms with Gasteiger partial charge in [-0.2, -0.15) is 0 Å². The number of benzene rings is 2. The van der Waals surface area contributed by atoms with Gasteiger partial charge in [-0.25, -0.2) is 18.2 Å². The van der Waals surface area contributed by atoms with Crippen LogP contribution < -0.4 is 11.1 Å². The van der Waals surface area contributed by atoms with E-state index in [2.05, 4.69) is 10.3 Å². The van der Waals surface area contributed by atoms with Crippen molar-refractivity contribution in [1.82, 2.24) is 4.98 Å². The van der Waals surface area contributed by atoms with Gasteiger partial charge in [0.25, 0.3) is 5.91 Å². The Bertz CT molecular complexity index is 988. The lowest BCUT2D eigenvalue weighted by molar-refractivity contribution is 0.100. The van der Waals surface area contributed by atoms with Gasteiger partial charge in [0.2, 0.25) is 0 Å². The number of aromatic nitrogens is 1. The second kappa shape index (κ2) is 5.96. The lowest BCUT2D eigenvalue weighted by atomic mass is 10.1. The highest BCUT2D eigenvalue weighted by atomic mass is 127. The zero-order valence-electron chi connectivity index (χ0n) is 12.1. The molecule has 0 radical (unpaired) electrons. The molecule has 5 nitrogen and oxygen atoms in total. The molecule has 24 heavy (non-hydrogen) atoms. The van der Waals surface area contributed by atoms with Crippen LogP contribution in [0, 0.1) is 27.9 Å². The quantitative estimate of drug-likeness (QED) is 0.595. The fraction of sp³-hybridized carbons (Fsp3) is 0.0667. The van der Waals surface area contributed by atoms with E-state index >= 15 is 0 Å². The Balaban J connectivity index is 2.28. The summed E-state index contributed by atoms with van der Waals surface area (Å²) < 4.78 is 48.4. The molecule has 9 heteroatoms. The maximum atomic E-state index is 14.4. The lowest BCUT2D eigenvalue weighted by Gasteiger charge is -2.13. The van der Waals surface area contributed by atoms with Crippen molar-refractivity contribution in [2.45, 2.75) is 6.92 Å². The van der Waals surface area contributed by atoms with Crippen molar-refractivity contribution in [1.29, 1.82) is 0 Å². The molecule has 0 aliphatic carbocycles. The standard InChI is InChI=1S/C15H9F3IN3O2/c1-5-21-13-11(18)10(17)12(9(15(20)23)14(13)24-5)22-8-3-2-6(19)4-7(8)16/h2-4,22H,1H3,(H2,20,23). The third-order valence-electron chi connectivity index (χ3n) is 3.27.